The fourth-order valence-electron chi connectivity index (χ4n) is 2.41. The fraction of sp³-hybridized carbons (Fsp3) is 0.800. The van der Waals surface area contributed by atoms with Crippen LogP contribution in [0.2, 0.25) is 0 Å². The molecule has 2 aliphatic carbocycles. The van der Waals surface area contributed by atoms with Gasteiger partial charge in [-0.2, -0.15) is 43.9 Å². The van der Waals surface area contributed by atoms with Crippen LogP contribution in [0.4, 0.5) is 43.9 Å². The number of rotatable bonds is 0. The molecule has 0 N–H and O–H groups in total. The van der Waals surface area contributed by atoms with Crippen LogP contribution in [-0.2, 0) is 0 Å². The molecule has 0 unspecified atom stereocenters. The van der Waals surface area contributed by atoms with Gasteiger partial charge in [-0.05, 0) is 19.3 Å². The molecular formula is C10H6F10. The van der Waals surface area contributed by atoms with E-state index in [4.69, 9.17) is 0 Å². The molecule has 2 rings (SSSR count). The minimum Gasteiger partial charge on any atom is -0.194 e. The molecule has 0 nitrogen and oxygen atoms in total. The molecular weight excluding hydrogens is 310 g/mol. The van der Waals surface area contributed by atoms with Crippen molar-refractivity contribution in [2.24, 2.45) is 0 Å². The summed E-state index contributed by atoms with van der Waals surface area (Å²) in [5.41, 5.74) is -4.02. The van der Waals surface area contributed by atoms with E-state index in [1.54, 1.807) is 0 Å². The quantitative estimate of drug-likeness (QED) is 0.450. The first-order valence-corrected chi connectivity index (χ1v) is 5.35. The van der Waals surface area contributed by atoms with Crippen LogP contribution in [0.15, 0.2) is 11.1 Å². The summed E-state index contributed by atoms with van der Waals surface area (Å²) >= 11 is 0. The summed E-state index contributed by atoms with van der Waals surface area (Å²) in [6, 6.07) is 0. The van der Waals surface area contributed by atoms with Crippen molar-refractivity contribution in [1.29, 1.82) is 0 Å². The van der Waals surface area contributed by atoms with E-state index in [1.165, 1.54) is 0 Å². The fourth-order valence-corrected chi connectivity index (χ4v) is 2.41. The predicted molar refractivity (Wildman–Crippen MR) is 45.6 cm³/mol. The zero-order valence-electron chi connectivity index (χ0n) is 9.40. The van der Waals surface area contributed by atoms with E-state index in [-0.39, 0.29) is 0 Å². The summed E-state index contributed by atoms with van der Waals surface area (Å²) in [6.45, 7) is 0. The highest BCUT2D eigenvalue weighted by molar-refractivity contribution is 5.40. The van der Waals surface area contributed by atoms with Crippen LogP contribution < -0.4 is 0 Å². The lowest BCUT2D eigenvalue weighted by Crippen LogP contribution is -2.65. The first-order chi connectivity index (χ1) is 8.73. The third-order valence-corrected chi connectivity index (χ3v) is 3.55. The zero-order valence-corrected chi connectivity index (χ0v) is 9.40. The van der Waals surface area contributed by atoms with Crippen molar-refractivity contribution >= 4 is 0 Å². The molecule has 0 atom stereocenters. The molecule has 0 fully saturated rings. The minimum absolute atomic E-state index is 0.506. The predicted octanol–water partition coefficient (Wildman–Crippen LogP) is 4.66. The van der Waals surface area contributed by atoms with Gasteiger partial charge in [0.15, 0.2) is 0 Å². The van der Waals surface area contributed by atoms with Gasteiger partial charge in [-0.15, -0.1) is 0 Å². The van der Waals surface area contributed by atoms with E-state index < -0.39 is 60.0 Å². The van der Waals surface area contributed by atoms with Crippen LogP contribution in [0.3, 0.4) is 0 Å². The van der Waals surface area contributed by atoms with Gasteiger partial charge in [0.05, 0.1) is 0 Å². The maximum Gasteiger partial charge on any atom is 0.385 e. The van der Waals surface area contributed by atoms with Crippen LogP contribution in [0.1, 0.15) is 19.3 Å². The maximum absolute atomic E-state index is 13.4. The Kier molecular flexibility index (Phi) is 2.79. The van der Waals surface area contributed by atoms with Gasteiger partial charge >= 0.3 is 29.6 Å². The van der Waals surface area contributed by atoms with E-state index in [9.17, 15) is 43.9 Å². The summed E-state index contributed by atoms with van der Waals surface area (Å²) < 4.78 is 132. The minimum atomic E-state index is -6.89. The van der Waals surface area contributed by atoms with Crippen LogP contribution in [0, 0.1) is 0 Å². The van der Waals surface area contributed by atoms with Gasteiger partial charge in [-0.25, -0.2) is 0 Å². The lowest BCUT2D eigenvalue weighted by molar-refractivity contribution is -0.384. The monoisotopic (exact) mass is 316 g/mol. The van der Waals surface area contributed by atoms with Crippen molar-refractivity contribution in [3.63, 3.8) is 0 Å². The van der Waals surface area contributed by atoms with Crippen molar-refractivity contribution in [1.82, 2.24) is 0 Å². The molecule has 10 heteroatoms. The summed E-state index contributed by atoms with van der Waals surface area (Å²) in [5, 5.41) is 0. The first kappa shape index (κ1) is 15.4. The largest absolute Gasteiger partial charge is 0.385 e. The standard InChI is InChI=1S/C10H6F10/c11-6(12)4-2-1-3-5(4)7(13,14)9(17,18)10(19,20)8(6,15)16/h1-3H2. The van der Waals surface area contributed by atoms with E-state index in [0.29, 0.717) is 0 Å². The van der Waals surface area contributed by atoms with Gasteiger partial charge in [0.25, 0.3) is 0 Å². The molecule has 0 aliphatic heterocycles. The smallest absolute Gasteiger partial charge is 0.194 e. The average Bonchev–Trinajstić information content (AvgIpc) is 2.76. The molecule has 0 aromatic heterocycles. The Labute approximate surface area is 105 Å². The lowest BCUT2D eigenvalue weighted by atomic mass is 9.94. The van der Waals surface area contributed by atoms with Gasteiger partial charge in [0, 0.05) is 11.1 Å². The highest BCUT2D eigenvalue weighted by atomic mass is 19.4. The van der Waals surface area contributed by atoms with E-state index in [2.05, 4.69) is 0 Å². The van der Waals surface area contributed by atoms with E-state index in [1.807, 2.05) is 0 Å². The SMILES string of the molecule is FC1(F)C2=C(CCC2)C(F)(F)C(F)(F)C(F)(F)C1(F)F. The summed E-state index contributed by atoms with van der Waals surface area (Å²) in [7, 11) is 0. The van der Waals surface area contributed by atoms with Crippen molar-refractivity contribution in [3.05, 3.63) is 11.1 Å². The lowest BCUT2D eigenvalue weighted by Gasteiger charge is -2.36. The summed E-state index contributed by atoms with van der Waals surface area (Å²) in [6.07, 6.45) is -2.62. The second-order valence-corrected chi connectivity index (χ2v) is 4.68. The molecule has 0 aromatic rings. The topological polar surface area (TPSA) is 0 Å². The number of hydrogen-bond acceptors (Lipinski definition) is 0. The molecule has 0 radical (unpaired) electrons. The van der Waals surface area contributed by atoms with Crippen molar-refractivity contribution in [2.75, 3.05) is 0 Å². The highest BCUT2D eigenvalue weighted by Crippen LogP contribution is 2.65. The average molecular weight is 316 g/mol. The second kappa shape index (κ2) is 3.62. The van der Waals surface area contributed by atoms with Gasteiger partial charge < -0.3 is 0 Å². The molecule has 0 spiro atoms. The second-order valence-electron chi connectivity index (χ2n) is 4.68. The van der Waals surface area contributed by atoms with Gasteiger partial charge in [-0.3, -0.25) is 0 Å². The third-order valence-electron chi connectivity index (χ3n) is 3.55. The number of allylic oxidation sites excluding steroid dienone is 2. The van der Waals surface area contributed by atoms with E-state index in [0.717, 1.165) is 0 Å². The summed E-state index contributed by atoms with van der Waals surface area (Å²) in [5.74, 6) is -31.6. The van der Waals surface area contributed by atoms with Crippen molar-refractivity contribution in [2.45, 2.75) is 48.9 Å². The number of halogens is 10. The van der Waals surface area contributed by atoms with Crippen molar-refractivity contribution < 1.29 is 43.9 Å². The van der Waals surface area contributed by atoms with Crippen molar-refractivity contribution in [3.8, 4) is 0 Å². The Bertz CT molecular complexity index is 432. The molecule has 0 amide bonds. The van der Waals surface area contributed by atoms with Gasteiger partial charge in [0.1, 0.15) is 0 Å². The van der Waals surface area contributed by atoms with Crippen LogP contribution in [0.25, 0.3) is 0 Å². The van der Waals surface area contributed by atoms with Gasteiger partial charge in [0.2, 0.25) is 0 Å². The molecule has 0 saturated heterocycles. The molecule has 0 saturated carbocycles. The molecule has 0 aromatic carbocycles. The summed E-state index contributed by atoms with van der Waals surface area (Å²) in [4.78, 5) is 0. The molecule has 0 bridgehead atoms. The Morgan fingerprint density at radius 2 is 0.800 bits per heavy atom. The Hall–Kier alpha value is -0.960. The Morgan fingerprint density at radius 3 is 1.10 bits per heavy atom. The number of alkyl halides is 10. The van der Waals surface area contributed by atoms with Gasteiger partial charge in [-0.1, -0.05) is 0 Å². The first-order valence-electron chi connectivity index (χ1n) is 5.35. The molecule has 0 heterocycles. The third kappa shape index (κ3) is 1.35. The maximum atomic E-state index is 13.4. The Balaban J connectivity index is 2.84. The normalized spacial score (nSPS) is 32.7. The molecule has 116 valence electrons. The van der Waals surface area contributed by atoms with E-state index >= 15 is 0 Å². The molecule has 20 heavy (non-hydrogen) atoms. The zero-order chi connectivity index (χ0) is 15.8. The number of hydrogen-bond donors (Lipinski definition) is 0. The highest BCUT2D eigenvalue weighted by Gasteiger charge is 2.89. The van der Waals surface area contributed by atoms with Crippen LogP contribution >= 0.6 is 0 Å². The van der Waals surface area contributed by atoms with Crippen LogP contribution in [0.5, 0.6) is 0 Å². The molecule has 2 aliphatic rings. The Morgan fingerprint density at radius 1 is 0.500 bits per heavy atom. The van der Waals surface area contributed by atoms with Crippen LogP contribution in [-0.4, -0.2) is 29.6 Å².